The van der Waals surface area contributed by atoms with Gasteiger partial charge in [-0.15, -0.1) is 0 Å². The van der Waals surface area contributed by atoms with E-state index in [2.05, 4.69) is 0 Å². The van der Waals surface area contributed by atoms with E-state index < -0.39 is 11.6 Å². The number of nitrogens with zero attached hydrogens (tertiary/aromatic N) is 2. The highest BCUT2D eigenvalue weighted by Gasteiger charge is 2.25. The van der Waals surface area contributed by atoms with Crippen LogP contribution in [0.5, 0.6) is 0 Å². The lowest BCUT2D eigenvalue weighted by molar-refractivity contribution is 0.121. The second-order valence-corrected chi connectivity index (χ2v) is 7.91. The number of rotatable bonds is 3. The van der Waals surface area contributed by atoms with E-state index in [4.69, 9.17) is 9.15 Å². The molecule has 5 rings (SSSR count). The van der Waals surface area contributed by atoms with Gasteiger partial charge in [0.15, 0.2) is 11.3 Å². The Labute approximate surface area is 172 Å². The molecule has 3 aromatic rings. The van der Waals surface area contributed by atoms with Crippen LogP contribution in [0.2, 0.25) is 0 Å². The van der Waals surface area contributed by atoms with Crippen molar-refractivity contribution >= 4 is 22.5 Å². The third kappa shape index (κ3) is 3.33. The van der Waals surface area contributed by atoms with Crippen LogP contribution in [0.25, 0.3) is 11.0 Å². The highest BCUT2D eigenvalue weighted by atomic mass is 19.1. The number of hydrogen-bond donors (Lipinski definition) is 0. The molecule has 2 aromatic carbocycles. The molecule has 0 saturated carbocycles. The summed E-state index contributed by atoms with van der Waals surface area (Å²) in [5.74, 6) is -0.573. The minimum atomic E-state index is -0.589. The van der Waals surface area contributed by atoms with Crippen LogP contribution in [0.4, 0.5) is 20.4 Å². The minimum absolute atomic E-state index is 0.0957. The number of morpholine rings is 1. The number of fused-ring (bicyclic) bond motifs is 2. The summed E-state index contributed by atoms with van der Waals surface area (Å²) >= 11 is 0. The third-order valence-corrected chi connectivity index (χ3v) is 5.83. The summed E-state index contributed by atoms with van der Waals surface area (Å²) in [6.45, 7) is 5.41. The van der Waals surface area contributed by atoms with E-state index in [1.807, 2.05) is 28.9 Å². The molecule has 0 amide bonds. The van der Waals surface area contributed by atoms with Crippen molar-refractivity contribution in [1.29, 1.82) is 0 Å². The summed E-state index contributed by atoms with van der Waals surface area (Å²) in [6.07, 6.45) is 0.522. The van der Waals surface area contributed by atoms with Crippen molar-refractivity contribution < 1.29 is 17.9 Å². The molecule has 1 fully saturated rings. The molecule has 30 heavy (non-hydrogen) atoms. The molecule has 2 aliphatic heterocycles. The van der Waals surface area contributed by atoms with Crippen molar-refractivity contribution in [3.63, 3.8) is 0 Å². The van der Waals surface area contributed by atoms with Gasteiger partial charge in [0.2, 0.25) is 0 Å². The summed E-state index contributed by atoms with van der Waals surface area (Å²) in [5.41, 5.74) is 3.29. The van der Waals surface area contributed by atoms with Gasteiger partial charge in [-0.25, -0.2) is 8.78 Å². The van der Waals surface area contributed by atoms with E-state index in [1.54, 1.807) is 0 Å². The van der Waals surface area contributed by atoms with Crippen molar-refractivity contribution in [2.75, 3.05) is 42.6 Å². The van der Waals surface area contributed by atoms with Crippen LogP contribution in [-0.4, -0.2) is 32.8 Å². The van der Waals surface area contributed by atoms with Gasteiger partial charge < -0.3 is 19.0 Å². The Morgan fingerprint density at radius 3 is 2.63 bits per heavy atom. The molecule has 0 unspecified atom stereocenters. The smallest absolute Gasteiger partial charge is 0.200 e. The van der Waals surface area contributed by atoms with E-state index in [-0.39, 0.29) is 5.43 Å². The lowest BCUT2D eigenvalue weighted by atomic mass is 10.1. The van der Waals surface area contributed by atoms with Crippen LogP contribution in [0.15, 0.2) is 39.5 Å². The quantitative estimate of drug-likeness (QED) is 0.655. The molecule has 0 N–H and O–H groups in total. The Morgan fingerprint density at radius 2 is 1.83 bits per heavy atom. The van der Waals surface area contributed by atoms with E-state index >= 15 is 0 Å². The average molecular weight is 412 g/mol. The van der Waals surface area contributed by atoms with Gasteiger partial charge in [0, 0.05) is 55.1 Å². The van der Waals surface area contributed by atoms with Crippen LogP contribution in [0.1, 0.15) is 16.7 Å². The number of halogens is 2. The normalized spacial score (nSPS) is 16.4. The van der Waals surface area contributed by atoms with E-state index in [9.17, 15) is 13.6 Å². The van der Waals surface area contributed by atoms with Crippen molar-refractivity contribution in [2.45, 2.75) is 19.9 Å². The molecule has 156 valence electrons. The fourth-order valence-electron chi connectivity index (χ4n) is 4.39. The van der Waals surface area contributed by atoms with Crippen LogP contribution < -0.4 is 15.2 Å². The number of anilines is 2. The van der Waals surface area contributed by atoms with Gasteiger partial charge in [0.25, 0.3) is 0 Å². The van der Waals surface area contributed by atoms with Crippen LogP contribution >= 0.6 is 0 Å². The summed E-state index contributed by atoms with van der Waals surface area (Å²) in [5, 5.41) is 0.520. The van der Waals surface area contributed by atoms with Gasteiger partial charge in [0.1, 0.15) is 17.2 Å². The van der Waals surface area contributed by atoms with Gasteiger partial charge in [-0.2, -0.15) is 0 Å². The third-order valence-electron chi connectivity index (χ3n) is 5.83. The Hall–Kier alpha value is -2.93. The average Bonchev–Trinajstić information content (AvgIpc) is 3.12. The highest BCUT2D eigenvalue weighted by Crippen LogP contribution is 2.34. The first-order chi connectivity index (χ1) is 14.5. The van der Waals surface area contributed by atoms with Gasteiger partial charge >= 0.3 is 0 Å². The molecular formula is C23H22F2N2O3. The van der Waals surface area contributed by atoms with Gasteiger partial charge in [-0.1, -0.05) is 6.07 Å². The van der Waals surface area contributed by atoms with E-state index in [0.717, 1.165) is 17.2 Å². The zero-order chi connectivity index (χ0) is 20.8. The standard InChI is InChI=1S/C23H22F2N2O3/c1-14-8-15(13-27-3-2-17-19(25)10-16(24)11-20(17)27)23-18(9-14)21(28)12-22(30-23)26-4-6-29-7-5-26/h8-12H,2-7,13H2,1H3. The second-order valence-electron chi connectivity index (χ2n) is 7.91. The molecule has 3 heterocycles. The summed E-state index contributed by atoms with van der Waals surface area (Å²) in [7, 11) is 0. The maximum absolute atomic E-state index is 14.2. The van der Waals surface area contributed by atoms with Crippen LogP contribution in [-0.2, 0) is 17.7 Å². The Balaban J connectivity index is 1.58. The van der Waals surface area contributed by atoms with Gasteiger partial charge in [-0.05, 0) is 31.0 Å². The first-order valence-corrected chi connectivity index (χ1v) is 10.1. The number of aryl methyl sites for hydroxylation is 1. The molecule has 7 heteroatoms. The minimum Gasteiger partial charge on any atom is -0.440 e. The highest BCUT2D eigenvalue weighted by molar-refractivity contribution is 5.82. The Bertz CT molecular complexity index is 1190. The molecule has 0 atom stereocenters. The number of benzene rings is 2. The molecule has 2 aliphatic rings. The topological polar surface area (TPSA) is 45.9 Å². The Morgan fingerprint density at radius 1 is 1.03 bits per heavy atom. The molecule has 1 aromatic heterocycles. The van der Waals surface area contributed by atoms with E-state index in [0.29, 0.717) is 73.9 Å². The maximum atomic E-state index is 14.2. The van der Waals surface area contributed by atoms with E-state index in [1.165, 1.54) is 12.1 Å². The van der Waals surface area contributed by atoms with Crippen molar-refractivity contribution in [3.8, 4) is 0 Å². The first-order valence-electron chi connectivity index (χ1n) is 10.1. The molecule has 0 spiro atoms. The fraction of sp³-hybridized carbons (Fsp3) is 0.348. The fourth-order valence-corrected chi connectivity index (χ4v) is 4.39. The molecule has 0 bridgehead atoms. The zero-order valence-corrected chi connectivity index (χ0v) is 16.7. The summed E-state index contributed by atoms with van der Waals surface area (Å²) in [6, 6.07) is 7.64. The molecular weight excluding hydrogens is 390 g/mol. The predicted octanol–water partition coefficient (Wildman–Crippen LogP) is 3.78. The Kier molecular flexibility index (Phi) is 4.70. The van der Waals surface area contributed by atoms with Crippen LogP contribution in [0, 0.1) is 18.6 Å². The lowest BCUT2D eigenvalue weighted by Crippen LogP contribution is -2.36. The number of ether oxygens (including phenoxy) is 1. The molecule has 1 saturated heterocycles. The molecule has 0 radical (unpaired) electrons. The van der Waals surface area contributed by atoms with Crippen LogP contribution in [0.3, 0.4) is 0 Å². The van der Waals surface area contributed by atoms with Crippen molar-refractivity contribution in [2.24, 2.45) is 0 Å². The monoisotopic (exact) mass is 412 g/mol. The largest absolute Gasteiger partial charge is 0.440 e. The lowest BCUT2D eigenvalue weighted by Gasteiger charge is -2.27. The molecule has 5 nitrogen and oxygen atoms in total. The second kappa shape index (κ2) is 7.40. The SMILES string of the molecule is Cc1cc(CN2CCc3c(F)cc(F)cc32)c2oc(N3CCOCC3)cc(=O)c2c1. The summed E-state index contributed by atoms with van der Waals surface area (Å²) < 4.78 is 39.6. The summed E-state index contributed by atoms with van der Waals surface area (Å²) in [4.78, 5) is 16.8. The van der Waals surface area contributed by atoms with Gasteiger partial charge in [0.05, 0.1) is 18.6 Å². The maximum Gasteiger partial charge on any atom is 0.200 e. The van der Waals surface area contributed by atoms with Crippen molar-refractivity contribution in [3.05, 3.63) is 68.9 Å². The number of hydrogen-bond acceptors (Lipinski definition) is 5. The zero-order valence-electron chi connectivity index (χ0n) is 16.7. The van der Waals surface area contributed by atoms with Crippen molar-refractivity contribution in [1.82, 2.24) is 0 Å². The predicted molar refractivity (Wildman–Crippen MR) is 111 cm³/mol. The molecule has 0 aliphatic carbocycles. The van der Waals surface area contributed by atoms with Gasteiger partial charge in [-0.3, -0.25) is 4.79 Å². The first kappa shape index (κ1) is 19.1.